The van der Waals surface area contributed by atoms with Gasteiger partial charge in [-0.05, 0) is 44.3 Å². The van der Waals surface area contributed by atoms with E-state index >= 15 is 0 Å². The van der Waals surface area contributed by atoms with Crippen molar-refractivity contribution in [1.29, 1.82) is 0 Å². The number of hydrogen-bond acceptors (Lipinski definition) is 5. The van der Waals surface area contributed by atoms with Crippen molar-refractivity contribution < 1.29 is 14.6 Å². The Balaban J connectivity index is 4.37. The minimum absolute atomic E-state index is 0.0599. The van der Waals surface area contributed by atoms with Gasteiger partial charge in [0.05, 0.1) is 16.3 Å². The zero-order chi connectivity index (χ0) is 20.3. The molecule has 0 aliphatic carbocycles. The summed E-state index contributed by atoms with van der Waals surface area (Å²) in [4.78, 5) is 31.5. The molecule has 0 spiro atoms. The van der Waals surface area contributed by atoms with Gasteiger partial charge < -0.3 is 4.79 Å². The normalized spacial score (nSPS) is 12.5. The van der Waals surface area contributed by atoms with Gasteiger partial charge in [0.25, 0.3) is 0 Å². The highest BCUT2D eigenvalue weighted by atomic mass is 16.6. The van der Waals surface area contributed by atoms with Gasteiger partial charge in [-0.15, -0.1) is 0 Å². The molecule has 0 aliphatic heterocycles. The van der Waals surface area contributed by atoms with Crippen molar-refractivity contribution in [2.24, 2.45) is 0 Å². The Morgan fingerprint density at radius 2 is 1.44 bits per heavy atom. The molecule has 0 rings (SSSR count). The average Bonchev–Trinajstić information content (AvgIpc) is 2.63. The second kappa shape index (κ2) is 17.1. The monoisotopic (exact) mass is 380 g/mol. The molecule has 0 aromatic heterocycles. The number of allylic oxidation sites excluding steroid dienone is 5. The first kappa shape index (κ1) is 24.7. The summed E-state index contributed by atoms with van der Waals surface area (Å²) in [5.41, 5.74) is 0.192. The Morgan fingerprint density at radius 3 is 2.04 bits per heavy atom. The van der Waals surface area contributed by atoms with E-state index in [4.69, 9.17) is 0 Å². The molecule has 0 saturated heterocycles. The molecule has 0 aromatic carbocycles. The lowest BCUT2D eigenvalue weighted by molar-refractivity contribution is -0.428. The number of rotatable bonds is 17. The molecule has 7 heteroatoms. The Hall–Kier alpha value is -2.31. The Kier molecular flexibility index (Phi) is 15.7. The van der Waals surface area contributed by atoms with E-state index in [-0.39, 0.29) is 24.2 Å². The highest BCUT2D eigenvalue weighted by Gasteiger charge is 2.11. The molecule has 152 valence electrons. The maximum absolute atomic E-state index is 11.1. The van der Waals surface area contributed by atoms with Crippen LogP contribution >= 0.6 is 0 Å². The van der Waals surface area contributed by atoms with Crippen LogP contribution in [0.4, 0.5) is 0 Å². The van der Waals surface area contributed by atoms with Crippen LogP contribution in [0.1, 0.15) is 84.0 Å². The predicted octanol–water partition coefficient (Wildman–Crippen LogP) is 5.76. The van der Waals surface area contributed by atoms with Crippen LogP contribution in [-0.4, -0.2) is 16.1 Å². The van der Waals surface area contributed by atoms with Crippen molar-refractivity contribution in [3.8, 4) is 0 Å². The fourth-order valence-electron chi connectivity index (χ4n) is 2.55. The SMILES string of the molecule is CCCCC/C(=C/C/C=C(/C/C=C/CCCCCCC=O)[N+](=O)[O-])[N+](=O)[O-]. The van der Waals surface area contributed by atoms with E-state index in [1.54, 1.807) is 6.08 Å². The minimum Gasteiger partial charge on any atom is -0.303 e. The molecule has 27 heavy (non-hydrogen) atoms. The van der Waals surface area contributed by atoms with Crippen molar-refractivity contribution in [1.82, 2.24) is 0 Å². The summed E-state index contributed by atoms with van der Waals surface area (Å²) in [7, 11) is 0. The quantitative estimate of drug-likeness (QED) is 0.105. The van der Waals surface area contributed by atoms with Gasteiger partial charge in [0.2, 0.25) is 11.4 Å². The van der Waals surface area contributed by atoms with Crippen molar-refractivity contribution in [2.45, 2.75) is 84.0 Å². The molecule has 0 unspecified atom stereocenters. The topological polar surface area (TPSA) is 103 Å². The van der Waals surface area contributed by atoms with E-state index in [1.165, 1.54) is 12.2 Å². The van der Waals surface area contributed by atoms with Gasteiger partial charge in [-0.25, -0.2) is 0 Å². The second-order valence-electron chi connectivity index (χ2n) is 6.43. The van der Waals surface area contributed by atoms with Gasteiger partial charge in [-0.2, -0.15) is 0 Å². The van der Waals surface area contributed by atoms with Crippen LogP contribution in [0.3, 0.4) is 0 Å². The maximum atomic E-state index is 11.1. The number of unbranched alkanes of at least 4 members (excludes halogenated alkanes) is 7. The first-order valence-electron chi connectivity index (χ1n) is 9.78. The Morgan fingerprint density at radius 1 is 0.815 bits per heavy atom. The molecular weight excluding hydrogens is 348 g/mol. The molecular formula is C20H32N2O5. The van der Waals surface area contributed by atoms with Crippen LogP contribution in [0.25, 0.3) is 0 Å². The molecule has 0 atom stereocenters. The Bertz CT molecular complexity index is 538. The maximum Gasteiger partial charge on any atom is 0.246 e. The molecule has 0 amide bonds. The third kappa shape index (κ3) is 14.5. The van der Waals surface area contributed by atoms with Gasteiger partial charge >= 0.3 is 0 Å². The van der Waals surface area contributed by atoms with E-state index in [9.17, 15) is 25.0 Å². The van der Waals surface area contributed by atoms with E-state index in [0.717, 1.165) is 57.7 Å². The lowest BCUT2D eigenvalue weighted by Crippen LogP contribution is -2.00. The van der Waals surface area contributed by atoms with Gasteiger partial charge in [0.1, 0.15) is 6.29 Å². The van der Waals surface area contributed by atoms with Crippen molar-refractivity contribution in [2.75, 3.05) is 0 Å². The minimum atomic E-state index is -0.430. The summed E-state index contributed by atoms with van der Waals surface area (Å²) < 4.78 is 0. The Labute approximate surface area is 161 Å². The third-order valence-electron chi connectivity index (χ3n) is 4.15. The summed E-state index contributed by atoms with van der Waals surface area (Å²) in [5, 5.41) is 22.1. The lowest BCUT2D eigenvalue weighted by atomic mass is 10.1. The smallest absolute Gasteiger partial charge is 0.246 e. The van der Waals surface area contributed by atoms with Crippen LogP contribution < -0.4 is 0 Å². The molecule has 0 fully saturated rings. The van der Waals surface area contributed by atoms with Crippen molar-refractivity contribution in [3.05, 3.63) is 55.9 Å². The largest absolute Gasteiger partial charge is 0.303 e. The number of nitrogens with zero attached hydrogens (tertiary/aromatic N) is 2. The van der Waals surface area contributed by atoms with E-state index in [1.807, 2.05) is 13.0 Å². The molecule has 0 aliphatic rings. The van der Waals surface area contributed by atoms with Crippen molar-refractivity contribution >= 4 is 6.29 Å². The van der Waals surface area contributed by atoms with Gasteiger partial charge in [0, 0.05) is 12.8 Å². The van der Waals surface area contributed by atoms with Crippen LogP contribution in [0, 0.1) is 20.2 Å². The fourth-order valence-corrected chi connectivity index (χ4v) is 2.55. The average molecular weight is 380 g/mol. The van der Waals surface area contributed by atoms with E-state index in [0.29, 0.717) is 12.8 Å². The fraction of sp³-hybridized carbons (Fsp3) is 0.650. The zero-order valence-corrected chi connectivity index (χ0v) is 16.3. The first-order chi connectivity index (χ1) is 13.0. The van der Waals surface area contributed by atoms with Crippen LogP contribution in [0.15, 0.2) is 35.7 Å². The molecule has 0 saturated carbocycles. The second-order valence-corrected chi connectivity index (χ2v) is 6.43. The summed E-state index contributed by atoms with van der Waals surface area (Å²) in [6.07, 6.45) is 16.5. The number of carbonyl (C=O) groups is 1. The number of nitro groups is 2. The molecule has 0 aromatic rings. The van der Waals surface area contributed by atoms with Crippen LogP contribution in [-0.2, 0) is 4.79 Å². The van der Waals surface area contributed by atoms with Crippen LogP contribution in [0.5, 0.6) is 0 Å². The first-order valence-corrected chi connectivity index (χ1v) is 9.78. The number of carbonyl (C=O) groups excluding carboxylic acids is 1. The molecule has 0 bridgehead atoms. The lowest BCUT2D eigenvalue weighted by Gasteiger charge is -1.98. The number of aldehydes is 1. The molecule has 0 radical (unpaired) electrons. The summed E-state index contributed by atoms with van der Waals surface area (Å²) in [6.45, 7) is 2.03. The van der Waals surface area contributed by atoms with Crippen LogP contribution in [0.2, 0.25) is 0 Å². The van der Waals surface area contributed by atoms with Crippen molar-refractivity contribution in [3.63, 3.8) is 0 Å². The van der Waals surface area contributed by atoms with Gasteiger partial charge in [0.15, 0.2) is 0 Å². The molecule has 0 heterocycles. The summed E-state index contributed by atoms with van der Waals surface area (Å²) in [6, 6.07) is 0. The van der Waals surface area contributed by atoms with Gasteiger partial charge in [-0.1, -0.05) is 44.8 Å². The number of hydrogen-bond donors (Lipinski definition) is 0. The van der Waals surface area contributed by atoms with Gasteiger partial charge in [-0.3, -0.25) is 20.2 Å². The third-order valence-corrected chi connectivity index (χ3v) is 4.15. The zero-order valence-electron chi connectivity index (χ0n) is 16.3. The molecule has 7 nitrogen and oxygen atoms in total. The van der Waals surface area contributed by atoms with E-state index in [2.05, 4.69) is 0 Å². The summed E-state index contributed by atoms with van der Waals surface area (Å²) in [5.74, 6) is 0. The highest BCUT2D eigenvalue weighted by Crippen LogP contribution is 2.13. The predicted molar refractivity (Wildman–Crippen MR) is 106 cm³/mol. The highest BCUT2D eigenvalue weighted by molar-refractivity contribution is 5.48. The standard InChI is InChI=1S/C20H32N2O5/c1-2-3-10-14-19(21(24)25)16-13-17-20(22(26)27)15-11-8-6-4-5-7-9-12-18-23/h8,11,16-18H,2-7,9-10,12-15H2,1H3/b11-8+,19-16-,20-17-. The van der Waals surface area contributed by atoms with E-state index < -0.39 is 9.85 Å². The summed E-state index contributed by atoms with van der Waals surface area (Å²) >= 11 is 0. The molecule has 0 N–H and O–H groups in total.